The zero-order valence-electron chi connectivity index (χ0n) is 13.9. The lowest BCUT2D eigenvalue weighted by atomic mass is 10.1. The zero-order chi connectivity index (χ0) is 17.5. The molecule has 0 spiro atoms. The van der Waals surface area contributed by atoms with Crippen molar-refractivity contribution < 1.29 is 14.0 Å². The number of nitrogens with zero attached hydrogens (tertiary/aromatic N) is 1. The highest BCUT2D eigenvalue weighted by atomic mass is 19.1. The lowest BCUT2D eigenvalue weighted by molar-refractivity contribution is 0.0792. The lowest BCUT2D eigenvalue weighted by Crippen LogP contribution is -2.27. The van der Waals surface area contributed by atoms with Crippen LogP contribution in [0.25, 0.3) is 0 Å². The standard InChI is InChI=1S/C19H21FN2O2/c1-3-4-12-22(2)19(24)15-10-8-14(9-11-15)18(23)21-17-7-5-6-16(20)13-17/h5-11,13H,3-4,12H2,1-2H3,(H,21,23). The summed E-state index contributed by atoms with van der Waals surface area (Å²) < 4.78 is 13.1. The van der Waals surface area contributed by atoms with Crippen LogP contribution < -0.4 is 5.32 Å². The first kappa shape index (κ1) is 17.7. The molecule has 126 valence electrons. The molecule has 0 radical (unpaired) electrons. The fourth-order valence-electron chi connectivity index (χ4n) is 2.25. The number of unbranched alkanes of at least 4 members (excludes halogenated alkanes) is 1. The molecule has 0 atom stereocenters. The van der Waals surface area contributed by atoms with Crippen LogP contribution in [0, 0.1) is 5.82 Å². The third-order valence-electron chi connectivity index (χ3n) is 3.67. The van der Waals surface area contributed by atoms with Crippen molar-refractivity contribution >= 4 is 17.5 Å². The Morgan fingerprint density at radius 2 is 1.75 bits per heavy atom. The summed E-state index contributed by atoms with van der Waals surface area (Å²) >= 11 is 0. The van der Waals surface area contributed by atoms with Gasteiger partial charge in [-0.05, 0) is 48.9 Å². The van der Waals surface area contributed by atoms with Gasteiger partial charge in [0, 0.05) is 30.4 Å². The molecule has 0 saturated heterocycles. The van der Waals surface area contributed by atoms with Crippen LogP contribution in [0.4, 0.5) is 10.1 Å². The predicted octanol–water partition coefficient (Wildman–Crippen LogP) is 3.95. The van der Waals surface area contributed by atoms with Crippen molar-refractivity contribution in [1.29, 1.82) is 0 Å². The molecule has 0 aliphatic heterocycles. The van der Waals surface area contributed by atoms with Gasteiger partial charge in [-0.1, -0.05) is 19.4 Å². The number of nitrogens with one attached hydrogen (secondary N) is 1. The van der Waals surface area contributed by atoms with Crippen LogP contribution in [0.5, 0.6) is 0 Å². The summed E-state index contributed by atoms with van der Waals surface area (Å²) in [6.45, 7) is 2.78. The average Bonchev–Trinajstić information content (AvgIpc) is 2.59. The first-order valence-electron chi connectivity index (χ1n) is 7.93. The molecule has 0 fully saturated rings. The van der Waals surface area contributed by atoms with Gasteiger partial charge in [0.2, 0.25) is 0 Å². The molecule has 2 amide bonds. The monoisotopic (exact) mass is 328 g/mol. The van der Waals surface area contributed by atoms with E-state index in [0.717, 1.165) is 12.8 Å². The number of anilines is 1. The molecule has 0 bridgehead atoms. The minimum Gasteiger partial charge on any atom is -0.342 e. The van der Waals surface area contributed by atoms with Crippen molar-refractivity contribution in [1.82, 2.24) is 4.90 Å². The summed E-state index contributed by atoms with van der Waals surface area (Å²) in [6, 6.07) is 12.1. The Hall–Kier alpha value is -2.69. The van der Waals surface area contributed by atoms with Crippen LogP contribution in [0.15, 0.2) is 48.5 Å². The van der Waals surface area contributed by atoms with Crippen LogP contribution in [-0.2, 0) is 0 Å². The number of carbonyl (C=O) groups is 2. The normalized spacial score (nSPS) is 10.3. The summed E-state index contributed by atoms with van der Waals surface area (Å²) in [5, 5.41) is 2.62. The molecule has 0 saturated carbocycles. The smallest absolute Gasteiger partial charge is 0.255 e. The topological polar surface area (TPSA) is 49.4 Å². The van der Waals surface area contributed by atoms with E-state index in [2.05, 4.69) is 12.2 Å². The highest BCUT2D eigenvalue weighted by Gasteiger charge is 2.12. The zero-order valence-corrected chi connectivity index (χ0v) is 13.9. The maximum atomic E-state index is 13.1. The Bertz CT molecular complexity index is 714. The molecule has 5 heteroatoms. The molecule has 1 N–H and O–H groups in total. The first-order valence-corrected chi connectivity index (χ1v) is 7.93. The largest absolute Gasteiger partial charge is 0.342 e. The number of hydrogen-bond acceptors (Lipinski definition) is 2. The fraction of sp³-hybridized carbons (Fsp3) is 0.263. The van der Waals surface area contributed by atoms with E-state index in [9.17, 15) is 14.0 Å². The highest BCUT2D eigenvalue weighted by molar-refractivity contribution is 6.05. The minimum atomic E-state index is -0.413. The maximum absolute atomic E-state index is 13.1. The van der Waals surface area contributed by atoms with E-state index in [1.165, 1.54) is 18.2 Å². The van der Waals surface area contributed by atoms with Crippen molar-refractivity contribution in [3.63, 3.8) is 0 Å². The van der Waals surface area contributed by atoms with Crippen LogP contribution in [0.3, 0.4) is 0 Å². The van der Waals surface area contributed by atoms with E-state index in [1.807, 2.05) is 0 Å². The minimum absolute atomic E-state index is 0.0689. The van der Waals surface area contributed by atoms with Gasteiger partial charge in [0.1, 0.15) is 5.82 Å². The molecule has 2 aromatic rings. The average molecular weight is 328 g/mol. The van der Waals surface area contributed by atoms with Crippen molar-refractivity contribution in [3.05, 3.63) is 65.5 Å². The van der Waals surface area contributed by atoms with Crippen LogP contribution in [-0.4, -0.2) is 30.3 Å². The van der Waals surface area contributed by atoms with E-state index in [4.69, 9.17) is 0 Å². The Kier molecular flexibility index (Phi) is 6.07. The Labute approximate surface area is 141 Å². The number of carbonyl (C=O) groups excluding carboxylic acids is 2. The lowest BCUT2D eigenvalue weighted by Gasteiger charge is -2.16. The van der Waals surface area contributed by atoms with Crippen molar-refractivity contribution in [2.24, 2.45) is 0 Å². The van der Waals surface area contributed by atoms with Crippen LogP contribution in [0.1, 0.15) is 40.5 Å². The number of hydrogen-bond donors (Lipinski definition) is 1. The summed E-state index contributed by atoms with van der Waals surface area (Å²) in [5.74, 6) is -0.830. The molecular formula is C19H21FN2O2. The molecule has 0 aromatic heterocycles. The van der Waals surface area contributed by atoms with E-state index in [0.29, 0.717) is 23.4 Å². The molecule has 2 aromatic carbocycles. The Balaban J connectivity index is 2.03. The SMILES string of the molecule is CCCCN(C)C(=O)c1ccc(C(=O)Nc2cccc(F)c2)cc1. The molecular weight excluding hydrogens is 307 g/mol. The molecule has 24 heavy (non-hydrogen) atoms. The van der Waals surface area contributed by atoms with Crippen LogP contribution >= 0.6 is 0 Å². The van der Waals surface area contributed by atoms with Gasteiger partial charge in [0.25, 0.3) is 11.8 Å². The van der Waals surface area contributed by atoms with E-state index in [-0.39, 0.29) is 11.8 Å². The third-order valence-corrected chi connectivity index (χ3v) is 3.67. The van der Waals surface area contributed by atoms with E-state index < -0.39 is 5.82 Å². The molecule has 0 aliphatic carbocycles. The van der Waals surface area contributed by atoms with Gasteiger partial charge in [0.05, 0.1) is 0 Å². The Morgan fingerprint density at radius 1 is 1.08 bits per heavy atom. The molecule has 0 heterocycles. The van der Waals surface area contributed by atoms with Gasteiger partial charge >= 0.3 is 0 Å². The highest BCUT2D eigenvalue weighted by Crippen LogP contribution is 2.13. The third kappa shape index (κ3) is 4.65. The summed E-state index contributed by atoms with van der Waals surface area (Å²) in [4.78, 5) is 26.1. The van der Waals surface area contributed by atoms with Gasteiger partial charge in [-0.3, -0.25) is 9.59 Å². The fourth-order valence-corrected chi connectivity index (χ4v) is 2.25. The van der Waals surface area contributed by atoms with Crippen LogP contribution in [0.2, 0.25) is 0 Å². The number of rotatable bonds is 6. The summed E-state index contributed by atoms with van der Waals surface area (Å²) in [5.41, 5.74) is 1.34. The van der Waals surface area contributed by atoms with Gasteiger partial charge in [-0.25, -0.2) is 4.39 Å². The number of benzene rings is 2. The van der Waals surface area contributed by atoms with Crippen molar-refractivity contribution in [2.75, 3.05) is 18.9 Å². The van der Waals surface area contributed by atoms with Crippen molar-refractivity contribution in [2.45, 2.75) is 19.8 Å². The van der Waals surface area contributed by atoms with E-state index >= 15 is 0 Å². The molecule has 2 rings (SSSR count). The second kappa shape index (κ2) is 8.24. The predicted molar refractivity (Wildman–Crippen MR) is 92.7 cm³/mol. The maximum Gasteiger partial charge on any atom is 0.255 e. The first-order chi connectivity index (χ1) is 11.5. The molecule has 0 aliphatic rings. The van der Waals surface area contributed by atoms with Gasteiger partial charge < -0.3 is 10.2 Å². The molecule has 0 unspecified atom stereocenters. The van der Waals surface area contributed by atoms with Crippen molar-refractivity contribution in [3.8, 4) is 0 Å². The second-order valence-corrected chi connectivity index (χ2v) is 5.62. The molecule has 4 nitrogen and oxygen atoms in total. The number of halogens is 1. The summed E-state index contributed by atoms with van der Waals surface area (Å²) in [6.07, 6.45) is 1.98. The van der Waals surface area contributed by atoms with Gasteiger partial charge in [0.15, 0.2) is 0 Å². The Morgan fingerprint density at radius 3 is 2.38 bits per heavy atom. The van der Waals surface area contributed by atoms with Gasteiger partial charge in [-0.2, -0.15) is 0 Å². The number of amides is 2. The second-order valence-electron chi connectivity index (χ2n) is 5.62. The van der Waals surface area contributed by atoms with Gasteiger partial charge in [-0.15, -0.1) is 0 Å². The quantitative estimate of drug-likeness (QED) is 0.873. The summed E-state index contributed by atoms with van der Waals surface area (Å²) in [7, 11) is 1.77. The van der Waals surface area contributed by atoms with E-state index in [1.54, 1.807) is 42.3 Å².